The summed E-state index contributed by atoms with van der Waals surface area (Å²) in [6, 6.07) is 8.14. The number of rotatable bonds is 3. The average molecular weight is 365 g/mol. The average Bonchev–Trinajstić information content (AvgIpc) is 3.08. The number of nitrogens with zero attached hydrogens (tertiary/aromatic N) is 2. The highest BCUT2D eigenvalue weighted by molar-refractivity contribution is 5.94. The fraction of sp³-hybridized carbons (Fsp3) is 0.455. The van der Waals surface area contributed by atoms with E-state index in [4.69, 9.17) is 0 Å². The van der Waals surface area contributed by atoms with Crippen molar-refractivity contribution in [3.05, 3.63) is 58.9 Å². The van der Waals surface area contributed by atoms with Crippen molar-refractivity contribution in [2.24, 2.45) is 0 Å². The quantitative estimate of drug-likeness (QED) is 0.909. The number of carbonyl (C=O) groups excluding carboxylic acids is 2. The lowest BCUT2D eigenvalue weighted by Gasteiger charge is -2.23. The van der Waals surface area contributed by atoms with Gasteiger partial charge in [0.25, 0.3) is 5.91 Å². The molecule has 1 fully saturated rings. The zero-order valence-corrected chi connectivity index (χ0v) is 15.7. The van der Waals surface area contributed by atoms with Crippen LogP contribution in [0.4, 0.5) is 0 Å². The molecule has 5 heteroatoms. The molecule has 2 heterocycles. The van der Waals surface area contributed by atoms with Gasteiger partial charge in [0.2, 0.25) is 5.91 Å². The lowest BCUT2D eigenvalue weighted by Crippen LogP contribution is -2.38. The Bertz CT molecular complexity index is 813. The van der Waals surface area contributed by atoms with E-state index < -0.39 is 0 Å². The van der Waals surface area contributed by atoms with Gasteiger partial charge in [0.15, 0.2) is 0 Å². The second kappa shape index (κ2) is 7.99. The molecule has 0 radical (unpaired) electrons. The highest BCUT2D eigenvalue weighted by atomic mass is 16.2. The standard InChI is InChI=1S/C22H27N3O2/c26-21(14-17-8-9-23-16-17)24-10-3-11-25(13-12-24)22(27)20-7-6-18-4-1-2-5-19(18)15-20/h6-9,15-16,23H,1-5,10-14H2. The number of carbonyl (C=O) groups is 2. The Hall–Kier alpha value is -2.56. The van der Waals surface area contributed by atoms with Crippen molar-refractivity contribution >= 4 is 11.8 Å². The molecule has 1 saturated heterocycles. The van der Waals surface area contributed by atoms with Crippen molar-refractivity contribution in [2.45, 2.75) is 38.5 Å². The van der Waals surface area contributed by atoms with Crippen molar-refractivity contribution in [3.8, 4) is 0 Å². The smallest absolute Gasteiger partial charge is 0.253 e. The maximum Gasteiger partial charge on any atom is 0.253 e. The van der Waals surface area contributed by atoms with Crippen LogP contribution in [0.5, 0.6) is 0 Å². The number of aryl methyl sites for hydroxylation is 2. The Morgan fingerprint density at radius 2 is 1.67 bits per heavy atom. The molecule has 1 aliphatic carbocycles. The van der Waals surface area contributed by atoms with E-state index in [9.17, 15) is 9.59 Å². The zero-order valence-electron chi connectivity index (χ0n) is 15.7. The minimum Gasteiger partial charge on any atom is -0.367 e. The number of aromatic nitrogens is 1. The van der Waals surface area contributed by atoms with E-state index in [0.29, 0.717) is 26.1 Å². The Balaban J connectivity index is 1.39. The van der Waals surface area contributed by atoms with E-state index in [1.807, 2.05) is 34.3 Å². The molecule has 1 aromatic heterocycles. The van der Waals surface area contributed by atoms with Gasteiger partial charge in [0.05, 0.1) is 6.42 Å². The molecular formula is C22H27N3O2. The van der Waals surface area contributed by atoms with Crippen LogP contribution in [0.25, 0.3) is 0 Å². The molecule has 0 unspecified atom stereocenters. The number of H-pyrrole nitrogens is 1. The summed E-state index contributed by atoms with van der Waals surface area (Å²) < 4.78 is 0. The second-order valence-electron chi connectivity index (χ2n) is 7.61. The highest BCUT2D eigenvalue weighted by Crippen LogP contribution is 2.23. The van der Waals surface area contributed by atoms with Gasteiger partial charge in [0.1, 0.15) is 0 Å². The molecule has 2 amide bonds. The van der Waals surface area contributed by atoms with E-state index in [0.717, 1.165) is 36.9 Å². The van der Waals surface area contributed by atoms with Crippen LogP contribution < -0.4 is 0 Å². The third-order valence-electron chi connectivity index (χ3n) is 5.75. The summed E-state index contributed by atoms with van der Waals surface area (Å²) in [7, 11) is 0. The predicted octanol–water partition coefficient (Wildman–Crippen LogP) is 2.81. The molecule has 142 valence electrons. The maximum atomic E-state index is 13.0. The first-order chi connectivity index (χ1) is 13.2. The van der Waals surface area contributed by atoms with Gasteiger partial charge in [-0.05, 0) is 67.0 Å². The first kappa shape index (κ1) is 17.8. The molecule has 1 aromatic carbocycles. The molecule has 0 bridgehead atoms. The van der Waals surface area contributed by atoms with Crippen LogP contribution >= 0.6 is 0 Å². The summed E-state index contributed by atoms with van der Waals surface area (Å²) in [5.41, 5.74) is 4.54. The van der Waals surface area contributed by atoms with Crippen LogP contribution in [0.1, 0.15) is 46.3 Å². The van der Waals surface area contributed by atoms with Gasteiger partial charge in [-0.3, -0.25) is 9.59 Å². The van der Waals surface area contributed by atoms with E-state index in [2.05, 4.69) is 17.1 Å². The third kappa shape index (κ3) is 4.07. The fourth-order valence-electron chi connectivity index (χ4n) is 4.17. The normalized spacial score (nSPS) is 17.3. The molecule has 0 atom stereocenters. The summed E-state index contributed by atoms with van der Waals surface area (Å²) in [5, 5.41) is 0. The lowest BCUT2D eigenvalue weighted by atomic mass is 9.90. The van der Waals surface area contributed by atoms with Gasteiger partial charge in [-0.15, -0.1) is 0 Å². The Kier molecular flexibility index (Phi) is 5.28. The largest absolute Gasteiger partial charge is 0.367 e. The number of amides is 2. The lowest BCUT2D eigenvalue weighted by molar-refractivity contribution is -0.130. The molecule has 1 N–H and O–H groups in total. The molecule has 1 aliphatic heterocycles. The molecular weight excluding hydrogens is 338 g/mol. The Morgan fingerprint density at radius 3 is 2.48 bits per heavy atom. The van der Waals surface area contributed by atoms with Crippen LogP contribution in [0.3, 0.4) is 0 Å². The van der Waals surface area contributed by atoms with Crippen molar-refractivity contribution in [2.75, 3.05) is 26.2 Å². The summed E-state index contributed by atoms with van der Waals surface area (Å²) in [4.78, 5) is 32.3. The number of aromatic amines is 1. The summed E-state index contributed by atoms with van der Waals surface area (Å²) in [6.07, 6.45) is 9.62. The Morgan fingerprint density at radius 1 is 0.889 bits per heavy atom. The van der Waals surface area contributed by atoms with Crippen LogP contribution in [-0.4, -0.2) is 52.8 Å². The van der Waals surface area contributed by atoms with Crippen LogP contribution in [0, 0.1) is 0 Å². The van der Waals surface area contributed by atoms with Crippen LogP contribution in [-0.2, 0) is 24.1 Å². The molecule has 27 heavy (non-hydrogen) atoms. The summed E-state index contributed by atoms with van der Waals surface area (Å²) in [5.74, 6) is 0.237. The SMILES string of the molecule is O=C(Cc1cc[nH]c1)N1CCCN(C(=O)c2ccc3c(c2)CCCC3)CC1. The molecule has 2 aliphatic rings. The van der Waals surface area contributed by atoms with E-state index in [-0.39, 0.29) is 11.8 Å². The van der Waals surface area contributed by atoms with E-state index in [1.54, 1.807) is 0 Å². The zero-order chi connectivity index (χ0) is 18.6. The van der Waals surface area contributed by atoms with Gasteiger partial charge in [-0.2, -0.15) is 0 Å². The van der Waals surface area contributed by atoms with Crippen LogP contribution in [0.15, 0.2) is 36.7 Å². The van der Waals surface area contributed by atoms with E-state index >= 15 is 0 Å². The number of benzene rings is 1. The van der Waals surface area contributed by atoms with Crippen LogP contribution in [0.2, 0.25) is 0 Å². The van der Waals surface area contributed by atoms with Gasteiger partial charge in [-0.25, -0.2) is 0 Å². The number of hydrogen-bond donors (Lipinski definition) is 1. The van der Waals surface area contributed by atoms with Gasteiger partial charge >= 0.3 is 0 Å². The van der Waals surface area contributed by atoms with Gasteiger partial charge in [-0.1, -0.05) is 6.07 Å². The van der Waals surface area contributed by atoms with Crippen molar-refractivity contribution in [1.82, 2.24) is 14.8 Å². The van der Waals surface area contributed by atoms with Crippen molar-refractivity contribution in [1.29, 1.82) is 0 Å². The monoisotopic (exact) mass is 365 g/mol. The van der Waals surface area contributed by atoms with Gasteiger partial charge in [0, 0.05) is 44.1 Å². The maximum absolute atomic E-state index is 13.0. The third-order valence-corrected chi connectivity index (χ3v) is 5.75. The number of hydrogen-bond acceptors (Lipinski definition) is 2. The molecule has 0 spiro atoms. The molecule has 2 aromatic rings. The molecule has 0 saturated carbocycles. The topological polar surface area (TPSA) is 56.4 Å². The summed E-state index contributed by atoms with van der Waals surface area (Å²) in [6.45, 7) is 2.65. The first-order valence-electron chi connectivity index (χ1n) is 10.0. The minimum atomic E-state index is 0.100. The molecule has 4 rings (SSSR count). The van der Waals surface area contributed by atoms with E-state index in [1.165, 1.54) is 24.0 Å². The number of nitrogens with one attached hydrogen (secondary N) is 1. The predicted molar refractivity (Wildman–Crippen MR) is 105 cm³/mol. The Labute approximate surface area is 160 Å². The second-order valence-corrected chi connectivity index (χ2v) is 7.61. The van der Waals surface area contributed by atoms with Crippen molar-refractivity contribution < 1.29 is 9.59 Å². The number of fused-ring (bicyclic) bond motifs is 1. The fourth-order valence-corrected chi connectivity index (χ4v) is 4.17. The molecule has 5 nitrogen and oxygen atoms in total. The highest BCUT2D eigenvalue weighted by Gasteiger charge is 2.23. The van der Waals surface area contributed by atoms with Gasteiger partial charge < -0.3 is 14.8 Å². The minimum absolute atomic E-state index is 0.100. The first-order valence-corrected chi connectivity index (χ1v) is 10.0. The summed E-state index contributed by atoms with van der Waals surface area (Å²) >= 11 is 0. The van der Waals surface area contributed by atoms with Crippen molar-refractivity contribution in [3.63, 3.8) is 0 Å².